The summed E-state index contributed by atoms with van der Waals surface area (Å²) in [6.07, 6.45) is 7.33. The average molecular weight is 386 g/mol. The van der Waals surface area contributed by atoms with Crippen molar-refractivity contribution >= 4 is 15.7 Å². The number of likely N-dealkylation sites (tertiary alicyclic amines) is 1. The molecule has 0 N–H and O–H groups in total. The van der Waals surface area contributed by atoms with Crippen LogP contribution in [0.15, 0.2) is 47.8 Å². The maximum absolute atomic E-state index is 12.3. The molecule has 142 valence electrons. The summed E-state index contributed by atoms with van der Waals surface area (Å²) in [6.45, 7) is 6.45. The van der Waals surface area contributed by atoms with E-state index in [1.54, 1.807) is 30.3 Å². The minimum Gasteiger partial charge on any atom is -0.338 e. The van der Waals surface area contributed by atoms with Crippen molar-refractivity contribution in [1.82, 2.24) is 19.9 Å². The van der Waals surface area contributed by atoms with E-state index in [2.05, 4.69) is 21.5 Å². The highest BCUT2D eigenvalue weighted by molar-refractivity contribution is 7.90. The first-order valence-corrected chi connectivity index (χ1v) is 10.6. The number of hydrogen-bond acceptors (Lipinski definition) is 6. The lowest BCUT2D eigenvalue weighted by molar-refractivity contribution is -0.128. The molecule has 27 heavy (non-hydrogen) atoms. The quantitative estimate of drug-likeness (QED) is 0.748. The van der Waals surface area contributed by atoms with Crippen LogP contribution in [0, 0.1) is 0 Å². The Balaban J connectivity index is 2.03. The van der Waals surface area contributed by atoms with E-state index in [-0.39, 0.29) is 16.7 Å². The third-order valence-electron chi connectivity index (χ3n) is 4.56. The first-order valence-electron chi connectivity index (χ1n) is 8.69. The van der Waals surface area contributed by atoms with Gasteiger partial charge < -0.3 is 4.90 Å². The van der Waals surface area contributed by atoms with E-state index in [0.29, 0.717) is 35.7 Å². The summed E-state index contributed by atoms with van der Waals surface area (Å²) in [6, 6.07) is 3.60. The van der Waals surface area contributed by atoms with Crippen LogP contribution in [0.2, 0.25) is 0 Å². The predicted octanol–water partition coefficient (Wildman–Crippen LogP) is 2.22. The summed E-state index contributed by atoms with van der Waals surface area (Å²) < 4.78 is 24.6. The molecule has 3 heterocycles. The van der Waals surface area contributed by atoms with Crippen LogP contribution >= 0.6 is 0 Å². The Bertz CT molecular complexity index is 974. The number of pyridine rings is 1. The monoisotopic (exact) mass is 386 g/mol. The average Bonchev–Trinajstić information content (AvgIpc) is 2.67. The highest BCUT2D eigenvalue weighted by Crippen LogP contribution is 2.31. The lowest BCUT2D eigenvalue weighted by atomic mass is 9.94. The molecule has 7 nitrogen and oxygen atoms in total. The second-order valence-electron chi connectivity index (χ2n) is 6.83. The van der Waals surface area contributed by atoms with E-state index < -0.39 is 9.84 Å². The number of carbonyl (C=O) groups excluding carboxylic acids is 1. The standard InChI is InChI=1S/C19H22N4O3S/c1-13(2)19(24)23-9-5-7-15(12-23)17-16(27(3,25)26)11-21-18(22-17)14-6-4-8-20-10-14/h4,6,8,10-11,15H,1,5,7,9,12H2,2-3H3. The molecule has 1 unspecified atom stereocenters. The Morgan fingerprint density at radius 3 is 2.74 bits per heavy atom. The number of sulfone groups is 1. The SMILES string of the molecule is C=C(C)C(=O)N1CCCC(c2nc(-c3cccnc3)ncc2S(C)(=O)=O)C1. The van der Waals surface area contributed by atoms with Crippen molar-refractivity contribution < 1.29 is 13.2 Å². The molecular formula is C19H22N4O3S. The summed E-state index contributed by atoms with van der Waals surface area (Å²) in [5.74, 6) is 0.140. The highest BCUT2D eigenvalue weighted by Gasteiger charge is 2.30. The molecule has 1 aliphatic heterocycles. The Labute approximate surface area is 159 Å². The van der Waals surface area contributed by atoms with E-state index in [1.807, 2.05) is 6.07 Å². The number of nitrogens with zero attached hydrogens (tertiary/aromatic N) is 4. The van der Waals surface area contributed by atoms with Gasteiger partial charge in [0.15, 0.2) is 15.7 Å². The first kappa shape index (κ1) is 19.2. The van der Waals surface area contributed by atoms with Crippen molar-refractivity contribution in [1.29, 1.82) is 0 Å². The van der Waals surface area contributed by atoms with Gasteiger partial charge in [0.25, 0.3) is 0 Å². The van der Waals surface area contributed by atoms with Crippen molar-refractivity contribution in [2.24, 2.45) is 0 Å². The number of carbonyl (C=O) groups is 1. The number of aromatic nitrogens is 3. The number of amides is 1. The van der Waals surface area contributed by atoms with Gasteiger partial charge in [0.2, 0.25) is 5.91 Å². The second-order valence-corrected chi connectivity index (χ2v) is 8.81. The predicted molar refractivity (Wildman–Crippen MR) is 102 cm³/mol. The molecule has 1 aliphatic rings. The van der Waals surface area contributed by atoms with Gasteiger partial charge in [-0.05, 0) is 31.9 Å². The molecule has 2 aromatic rings. The molecule has 2 aromatic heterocycles. The molecule has 1 fully saturated rings. The molecular weight excluding hydrogens is 364 g/mol. The minimum atomic E-state index is -3.50. The van der Waals surface area contributed by atoms with Crippen LogP contribution in [0.3, 0.4) is 0 Å². The lowest BCUT2D eigenvalue weighted by Crippen LogP contribution is -2.40. The third-order valence-corrected chi connectivity index (χ3v) is 5.68. The van der Waals surface area contributed by atoms with Gasteiger partial charge in [0.05, 0.1) is 5.69 Å². The molecule has 0 radical (unpaired) electrons. The summed E-state index contributed by atoms with van der Waals surface area (Å²) in [5.41, 5.74) is 1.65. The van der Waals surface area contributed by atoms with Gasteiger partial charge in [0, 0.05) is 55.0 Å². The fraction of sp³-hybridized carbons (Fsp3) is 0.368. The maximum atomic E-state index is 12.3. The fourth-order valence-electron chi connectivity index (χ4n) is 3.25. The minimum absolute atomic E-state index is 0.109. The third kappa shape index (κ3) is 4.21. The molecule has 0 spiro atoms. The smallest absolute Gasteiger partial charge is 0.248 e. The van der Waals surface area contributed by atoms with Crippen molar-refractivity contribution in [3.05, 3.63) is 48.6 Å². The maximum Gasteiger partial charge on any atom is 0.248 e. The van der Waals surface area contributed by atoms with E-state index in [0.717, 1.165) is 19.1 Å². The molecule has 1 saturated heterocycles. The van der Waals surface area contributed by atoms with Crippen molar-refractivity contribution in [3.8, 4) is 11.4 Å². The van der Waals surface area contributed by atoms with Crippen LogP contribution in [0.4, 0.5) is 0 Å². The largest absolute Gasteiger partial charge is 0.338 e. The highest BCUT2D eigenvalue weighted by atomic mass is 32.2. The van der Waals surface area contributed by atoms with E-state index in [1.165, 1.54) is 6.20 Å². The summed E-state index contributed by atoms with van der Waals surface area (Å²) in [7, 11) is -3.50. The van der Waals surface area contributed by atoms with Crippen LogP contribution in [-0.2, 0) is 14.6 Å². The van der Waals surface area contributed by atoms with E-state index >= 15 is 0 Å². The van der Waals surface area contributed by atoms with E-state index in [9.17, 15) is 13.2 Å². The van der Waals surface area contributed by atoms with Gasteiger partial charge >= 0.3 is 0 Å². The summed E-state index contributed by atoms with van der Waals surface area (Å²) >= 11 is 0. The van der Waals surface area contributed by atoms with Crippen LogP contribution in [0.5, 0.6) is 0 Å². The molecule has 8 heteroatoms. The molecule has 0 bridgehead atoms. The van der Waals surface area contributed by atoms with Crippen molar-refractivity contribution in [2.75, 3.05) is 19.3 Å². The summed E-state index contributed by atoms with van der Waals surface area (Å²) in [4.78, 5) is 27.0. The Morgan fingerprint density at radius 2 is 2.11 bits per heavy atom. The Hall–Kier alpha value is -2.61. The number of piperidine rings is 1. The van der Waals surface area contributed by atoms with Crippen molar-refractivity contribution in [2.45, 2.75) is 30.6 Å². The second kappa shape index (κ2) is 7.56. The van der Waals surface area contributed by atoms with E-state index in [4.69, 9.17) is 0 Å². The number of hydrogen-bond donors (Lipinski definition) is 0. The van der Waals surface area contributed by atoms with Gasteiger partial charge in [-0.1, -0.05) is 6.58 Å². The molecule has 1 amide bonds. The zero-order chi connectivity index (χ0) is 19.6. The molecule has 0 aromatic carbocycles. The van der Waals surface area contributed by atoms with Gasteiger partial charge in [-0.2, -0.15) is 0 Å². The van der Waals surface area contributed by atoms with Crippen LogP contribution < -0.4 is 0 Å². The van der Waals surface area contributed by atoms with Crippen molar-refractivity contribution in [3.63, 3.8) is 0 Å². The fourth-order valence-corrected chi connectivity index (χ4v) is 4.09. The van der Waals surface area contributed by atoms with Crippen LogP contribution in [-0.4, -0.2) is 53.5 Å². The van der Waals surface area contributed by atoms with Gasteiger partial charge in [-0.3, -0.25) is 9.78 Å². The van der Waals surface area contributed by atoms with Gasteiger partial charge in [-0.15, -0.1) is 0 Å². The topological polar surface area (TPSA) is 93.1 Å². The molecule has 3 rings (SSSR count). The Kier molecular flexibility index (Phi) is 5.36. The molecule has 1 atom stereocenters. The zero-order valence-electron chi connectivity index (χ0n) is 15.4. The van der Waals surface area contributed by atoms with Gasteiger partial charge in [0.1, 0.15) is 4.90 Å². The molecule has 0 saturated carbocycles. The van der Waals surface area contributed by atoms with Crippen LogP contribution in [0.25, 0.3) is 11.4 Å². The summed E-state index contributed by atoms with van der Waals surface area (Å²) in [5, 5.41) is 0. The zero-order valence-corrected chi connectivity index (χ0v) is 16.2. The first-order chi connectivity index (χ1) is 12.8. The lowest BCUT2D eigenvalue weighted by Gasteiger charge is -2.33. The Morgan fingerprint density at radius 1 is 1.33 bits per heavy atom. The van der Waals surface area contributed by atoms with Crippen LogP contribution in [0.1, 0.15) is 31.4 Å². The molecule has 0 aliphatic carbocycles. The number of rotatable bonds is 4. The normalized spacial score (nSPS) is 17.6. The van der Waals surface area contributed by atoms with Gasteiger partial charge in [-0.25, -0.2) is 18.4 Å².